The molecule has 2 unspecified atom stereocenters. The van der Waals surface area contributed by atoms with Gasteiger partial charge in [-0.3, -0.25) is 4.79 Å². The van der Waals surface area contributed by atoms with E-state index < -0.39 is 55.4 Å². The van der Waals surface area contributed by atoms with Crippen molar-refractivity contribution >= 4 is 5.91 Å². The van der Waals surface area contributed by atoms with Gasteiger partial charge in [0.1, 0.15) is 36.6 Å². The van der Waals surface area contributed by atoms with Crippen LogP contribution in [-0.4, -0.2) is 91.9 Å². The van der Waals surface area contributed by atoms with Crippen LogP contribution in [0.25, 0.3) is 0 Å². The average molecular weight is 812 g/mol. The first kappa shape index (κ1) is 53.9. The van der Waals surface area contributed by atoms with Crippen LogP contribution in [0.2, 0.25) is 0 Å². The molecule has 0 aromatic carbocycles. The van der Waals surface area contributed by atoms with E-state index in [-0.39, 0.29) is 12.3 Å². The summed E-state index contributed by atoms with van der Waals surface area (Å²) in [6.45, 7) is 3.88. The summed E-state index contributed by atoms with van der Waals surface area (Å²) >= 11 is 0. The Kier molecular flexibility index (Phi) is 35.9. The van der Waals surface area contributed by atoms with Crippen LogP contribution in [0, 0.1) is 0 Å². The molecule has 1 aliphatic rings. The summed E-state index contributed by atoms with van der Waals surface area (Å²) in [6.07, 6.45) is 34.7. The molecule has 0 aromatic rings. The van der Waals surface area contributed by atoms with Crippen LogP contribution < -0.4 is 5.32 Å². The number of hydrogen-bond donors (Lipinski definition) is 7. The van der Waals surface area contributed by atoms with Gasteiger partial charge in [0, 0.05) is 6.42 Å². The fourth-order valence-electron chi connectivity index (χ4n) is 8.25. The van der Waals surface area contributed by atoms with Crippen LogP contribution >= 0.6 is 0 Å². The minimum absolute atomic E-state index is 0.242. The number of carbonyl (C=O) groups is 1. The lowest BCUT2D eigenvalue weighted by Crippen LogP contribution is -2.65. The van der Waals surface area contributed by atoms with Crippen molar-refractivity contribution in [2.75, 3.05) is 6.61 Å². The Bertz CT molecular complexity index is 919. The molecule has 9 heteroatoms. The molecule has 0 spiro atoms. The summed E-state index contributed by atoms with van der Waals surface area (Å²) in [5.41, 5.74) is 0. The smallest absolute Gasteiger partial charge is 0.220 e. The Morgan fingerprint density at radius 2 is 0.912 bits per heavy atom. The summed E-state index contributed by atoms with van der Waals surface area (Å²) in [6, 6.07) is -1.22. The molecule has 1 fully saturated rings. The van der Waals surface area contributed by atoms with Crippen LogP contribution in [0.4, 0.5) is 0 Å². The largest absolute Gasteiger partial charge is 0.394 e. The van der Waals surface area contributed by atoms with Gasteiger partial charge in [-0.15, -0.1) is 0 Å². The first-order valence-corrected chi connectivity index (χ1v) is 24.4. The summed E-state index contributed by atoms with van der Waals surface area (Å²) in [5.74, 6) is -0.320. The van der Waals surface area contributed by atoms with Crippen molar-refractivity contribution in [3.05, 3.63) is 12.2 Å². The molecule has 1 rings (SSSR count). The second kappa shape index (κ2) is 37.9. The van der Waals surface area contributed by atoms with Crippen molar-refractivity contribution in [1.82, 2.24) is 5.32 Å². The molecule has 1 amide bonds. The number of amides is 1. The first-order chi connectivity index (χ1) is 27.8. The van der Waals surface area contributed by atoms with E-state index in [4.69, 9.17) is 4.74 Å². The standard InChI is InChI=1S/C48H93NO8/c1-3-5-7-9-11-13-15-17-18-19-20-21-22-23-24-26-28-30-32-34-36-38-42(52)49-43(45(54)48-47(56)46(55)44(53)41(39-50)57-48)40(51)37-35-33-31-29-27-25-16-14-12-10-8-6-4-2/h35,37,40-41,43-48,50-51,53-56H,3-34,36,38-39H2,1-2H3,(H,49,52)/b37-35+/t40-,41-,43-,44+,45?,46+,47-,48?/m1/s1. The highest BCUT2D eigenvalue weighted by atomic mass is 16.6. The van der Waals surface area contributed by atoms with Crippen LogP contribution in [0.3, 0.4) is 0 Å². The van der Waals surface area contributed by atoms with Crippen molar-refractivity contribution in [1.29, 1.82) is 0 Å². The number of unbranched alkanes of at least 4 members (excludes halogenated alkanes) is 31. The summed E-state index contributed by atoms with van der Waals surface area (Å²) in [4.78, 5) is 13.1. The monoisotopic (exact) mass is 812 g/mol. The van der Waals surface area contributed by atoms with E-state index in [0.717, 1.165) is 38.5 Å². The molecule has 0 saturated carbocycles. The second-order valence-electron chi connectivity index (χ2n) is 17.4. The van der Waals surface area contributed by atoms with E-state index in [0.29, 0.717) is 6.42 Å². The zero-order chi connectivity index (χ0) is 41.8. The van der Waals surface area contributed by atoms with Crippen molar-refractivity contribution in [2.45, 2.75) is 281 Å². The second-order valence-corrected chi connectivity index (χ2v) is 17.4. The first-order valence-electron chi connectivity index (χ1n) is 24.4. The molecular weight excluding hydrogens is 719 g/mol. The molecule has 57 heavy (non-hydrogen) atoms. The summed E-state index contributed by atoms with van der Waals surface area (Å²) < 4.78 is 5.59. The number of allylic oxidation sites excluding steroid dienone is 1. The van der Waals surface area contributed by atoms with Crippen molar-refractivity contribution < 1.29 is 40.2 Å². The van der Waals surface area contributed by atoms with Crippen molar-refractivity contribution in [2.24, 2.45) is 0 Å². The van der Waals surface area contributed by atoms with Crippen LogP contribution in [0.15, 0.2) is 12.2 Å². The van der Waals surface area contributed by atoms with E-state index in [2.05, 4.69) is 19.2 Å². The Labute approximate surface area is 350 Å². The topological polar surface area (TPSA) is 160 Å². The van der Waals surface area contributed by atoms with Gasteiger partial charge in [0.25, 0.3) is 0 Å². The van der Waals surface area contributed by atoms with Gasteiger partial charge in [-0.2, -0.15) is 0 Å². The highest BCUT2D eigenvalue weighted by molar-refractivity contribution is 5.76. The number of carbonyl (C=O) groups excluding carboxylic acids is 1. The summed E-state index contributed by atoms with van der Waals surface area (Å²) in [7, 11) is 0. The van der Waals surface area contributed by atoms with Gasteiger partial charge < -0.3 is 40.7 Å². The van der Waals surface area contributed by atoms with Crippen molar-refractivity contribution in [3.8, 4) is 0 Å². The van der Waals surface area contributed by atoms with Crippen LogP contribution in [0.5, 0.6) is 0 Å². The lowest BCUT2D eigenvalue weighted by molar-refractivity contribution is -0.253. The Hall–Kier alpha value is -1.07. The minimum Gasteiger partial charge on any atom is -0.394 e. The summed E-state index contributed by atoms with van der Waals surface area (Å²) in [5, 5.41) is 66.1. The Balaban J connectivity index is 2.34. The third-order valence-corrected chi connectivity index (χ3v) is 12.1. The van der Waals surface area contributed by atoms with Crippen molar-refractivity contribution in [3.63, 3.8) is 0 Å². The lowest BCUT2D eigenvalue weighted by Gasteiger charge is -2.43. The molecule has 1 aliphatic heterocycles. The molecule has 1 heterocycles. The predicted molar refractivity (Wildman–Crippen MR) is 235 cm³/mol. The molecule has 0 radical (unpaired) electrons. The van der Waals surface area contributed by atoms with Gasteiger partial charge in [0.15, 0.2) is 0 Å². The van der Waals surface area contributed by atoms with Crippen LogP contribution in [0.1, 0.15) is 232 Å². The maximum atomic E-state index is 13.1. The lowest BCUT2D eigenvalue weighted by atomic mass is 9.88. The highest BCUT2D eigenvalue weighted by Gasteiger charge is 2.48. The van der Waals surface area contributed by atoms with Gasteiger partial charge in [-0.05, 0) is 19.3 Å². The average Bonchev–Trinajstić information content (AvgIpc) is 3.21. The van der Waals surface area contributed by atoms with E-state index >= 15 is 0 Å². The number of hydrogen-bond acceptors (Lipinski definition) is 8. The predicted octanol–water partition coefficient (Wildman–Crippen LogP) is 9.89. The van der Waals surface area contributed by atoms with Gasteiger partial charge in [-0.25, -0.2) is 0 Å². The molecule has 9 nitrogen and oxygen atoms in total. The SMILES string of the molecule is CCCCCCCCCCCCC/C=C/[C@@H](O)[C@@H](NC(=O)CCCCCCCCCCCCCCCCCCCCCCC)C(O)C1O[C@H](CO)[C@H](O)[C@H](O)[C@H]1O. The van der Waals surface area contributed by atoms with Gasteiger partial charge >= 0.3 is 0 Å². The molecule has 0 aliphatic carbocycles. The number of aliphatic hydroxyl groups excluding tert-OH is 6. The third-order valence-electron chi connectivity index (χ3n) is 12.1. The Morgan fingerprint density at radius 1 is 0.544 bits per heavy atom. The normalized spacial score (nSPS) is 21.6. The number of nitrogens with one attached hydrogen (secondary N) is 1. The van der Waals surface area contributed by atoms with E-state index in [1.165, 1.54) is 167 Å². The Morgan fingerprint density at radius 3 is 1.30 bits per heavy atom. The molecule has 0 bridgehead atoms. The minimum atomic E-state index is -1.68. The highest BCUT2D eigenvalue weighted by Crippen LogP contribution is 2.26. The molecular formula is C48H93NO8. The zero-order valence-corrected chi connectivity index (χ0v) is 37.0. The maximum absolute atomic E-state index is 13.1. The maximum Gasteiger partial charge on any atom is 0.220 e. The zero-order valence-electron chi connectivity index (χ0n) is 37.0. The quantitative estimate of drug-likeness (QED) is 0.0238. The molecule has 338 valence electrons. The van der Waals surface area contributed by atoms with Gasteiger partial charge in [0.05, 0.1) is 18.8 Å². The molecule has 1 saturated heterocycles. The fourth-order valence-corrected chi connectivity index (χ4v) is 8.25. The number of rotatable bonds is 40. The van der Waals surface area contributed by atoms with Gasteiger partial charge in [-0.1, -0.05) is 219 Å². The van der Waals surface area contributed by atoms with Gasteiger partial charge in [0.2, 0.25) is 5.91 Å². The fraction of sp³-hybridized carbons (Fsp3) is 0.938. The van der Waals surface area contributed by atoms with E-state index in [1.807, 2.05) is 6.08 Å². The van der Waals surface area contributed by atoms with E-state index in [9.17, 15) is 35.4 Å². The number of aliphatic hydroxyl groups is 6. The molecule has 8 atom stereocenters. The molecule has 7 N–H and O–H groups in total. The van der Waals surface area contributed by atoms with Crippen LogP contribution in [-0.2, 0) is 9.53 Å². The molecule has 0 aromatic heterocycles. The number of ether oxygens (including phenoxy) is 1. The van der Waals surface area contributed by atoms with E-state index in [1.54, 1.807) is 6.08 Å². The third kappa shape index (κ3) is 27.4.